The van der Waals surface area contributed by atoms with E-state index in [1.807, 2.05) is 36.4 Å². The molecule has 3 N–H and O–H groups in total. The Hall–Kier alpha value is -3.37. The number of nitrogens with two attached hydrogens (primary N) is 1. The summed E-state index contributed by atoms with van der Waals surface area (Å²) in [4.78, 5) is 34.9. The van der Waals surface area contributed by atoms with Crippen LogP contribution in [0, 0.1) is 0 Å². The number of carbonyl (C=O) groups is 2. The summed E-state index contributed by atoms with van der Waals surface area (Å²) in [7, 11) is 1.77. The Labute approximate surface area is 203 Å². The van der Waals surface area contributed by atoms with Crippen molar-refractivity contribution >= 4 is 40.2 Å². The first-order valence-corrected chi connectivity index (χ1v) is 11.5. The number of amides is 2. The number of hydrazine groups is 1. The van der Waals surface area contributed by atoms with E-state index in [1.165, 1.54) is 12.8 Å². The van der Waals surface area contributed by atoms with Crippen LogP contribution in [0.2, 0.25) is 0 Å². The zero-order valence-corrected chi connectivity index (χ0v) is 19.7. The van der Waals surface area contributed by atoms with E-state index in [2.05, 4.69) is 20.3 Å². The predicted molar refractivity (Wildman–Crippen MR) is 131 cm³/mol. The van der Waals surface area contributed by atoms with E-state index >= 15 is 0 Å². The Morgan fingerprint density at radius 2 is 2.00 bits per heavy atom. The van der Waals surface area contributed by atoms with Gasteiger partial charge in [-0.3, -0.25) is 14.6 Å². The number of aliphatic imine (C=N–C) groups is 1. The SMILES string of the molecule is CN1C(=O)CCOc2cc(N3CCCC3)ncc21.NC(=O)C1N=C(Cl)N(Cc2ccccc2)N1. The van der Waals surface area contributed by atoms with Crippen LogP contribution in [0.5, 0.6) is 5.75 Å². The number of hydrogen-bond donors (Lipinski definition) is 2. The number of benzene rings is 1. The molecule has 180 valence electrons. The van der Waals surface area contributed by atoms with Gasteiger partial charge in [-0.1, -0.05) is 30.3 Å². The van der Waals surface area contributed by atoms with Crippen molar-refractivity contribution in [2.45, 2.75) is 32.0 Å². The lowest BCUT2D eigenvalue weighted by molar-refractivity contribution is -0.120. The van der Waals surface area contributed by atoms with E-state index in [4.69, 9.17) is 22.1 Å². The summed E-state index contributed by atoms with van der Waals surface area (Å²) in [6.45, 7) is 3.09. The fraction of sp³-hybridized carbons (Fsp3) is 0.391. The van der Waals surface area contributed by atoms with Crippen LogP contribution in [0.25, 0.3) is 0 Å². The summed E-state index contributed by atoms with van der Waals surface area (Å²) in [5.41, 5.74) is 9.76. The summed E-state index contributed by atoms with van der Waals surface area (Å²) < 4.78 is 5.66. The number of rotatable bonds is 4. The van der Waals surface area contributed by atoms with Gasteiger partial charge in [-0.2, -0.15) is 5.43 Å². The van der Waals surface area contributed by atoms with E-state index in [1.54, 1.807) is 23.2 Å². The van der Waals surface area contributed by atoms with Crippen LogP contribution in [0.4, 0.5) is 11.5 Å². The van der Waals surface area contributed by atoms with Crippen molar-refractivity contribution < 1.29 is 14.3 Å². The number of halogens is 1. The third kappa shape index (κ3) is 5.57. The van der Waals surface area contributed by atoms with Gasteiger partial charge in [-0.05, 0) is 30.0 Å². The van der Waals surface area contributed by atoms with Crippen molar-refractivity contribution in [3.63, 3.8) is 0 Å². The minimum atomic E-state index is -0.767. The van der Waals surface area contributed by atoms with Crippen LogP contribution >= 0.6 is 11.6 Å². The second kappa shape index (κ2) is 10.7. The van der Waals surface area contributed by atoms with Gasteiger partial charge in [0.25, 0.3) is 5.91 Å². The number of nitrogens with one attached hydrogen (secondary N) is 1. The van der Waals surface area contributed by atoms with Crippen molar-refractivity contribution in [1.82, 2.24) is 15.4 Å². The number of hydrogen-bond acceptors (Lipinski definition) is 8. The maximum atomic E-state index is 11.7. The molecule has 1 atom stereocenters. The molecule has 3 aliphatic heterocycles. The molecule has 1 aromatic heterocycles. The molecule has 1 aromatic carbocycles. The van der Waals surface area contributed by atoms with Gasteiger partial charge in [0.2, 0.25) is 11.2 Å². The van der Waals surface area contributed by atoms with Gasteiger partial charge >= 0.3 is 0 Å². The minimum absolute atomic E-state index is 0.0736. The van der Waals surface area contributed by atoms with Gasteiger partial charge in [0.15, 0.2) is 6.17 Å². The monoisotopic (exact) mass is 485 g/mol. The number of amidine groups is 1. The van der Waals surface area contributed by atoms with Crippen LogP contribution in [0.3, 0.4) is 0 Å². The lowest BCUT2D eigenvalue weighted by Gasteiger charge is -2.20. The number of pyridine rings is 1. The number of anilines is 2. The molecule has 0 saturated carbocycles. The van der Waals surface area contributed by atoms with Gasteiger partial charge in [0.05, 0.1) is 25.8 Å². The molecule has 3 aliphatic rings. The molecule has 0 bridgehead atoms. The summed E-state index contributed by atoms with van der Waals surface area (Å²) >= 11 is 5.87. The minimum Gasteiger partial charge on any atom is -0.491 e. The van der Waals surface area contributed by atoms with E-state index in [0.29, 0.717) is 19.6 Å². The van der Waals surface area contributed by atoms with E-state index in [-0.39, 0.29) is 11.2 Å². The Morgan fingerprint density at radius 3 is 2.68 bits per heavy atom. The highest BCUT2D eigenvalue weighted by Gasteiger charge is 2.27. The van der Waals surface area contributed by atoms with Gasteiger partial charge in [0, 0.05) is 26.2 Å². The molecule has 2 amide bonds. The molecule has 10 nitrogen and oxygen atoms in total. The lowest BCUT2D eigenvalue weighted by Crippen LogP contribution is -2.44. The highest BCUT2D eigenvalue weighted by molar-refractivity contribution is 6.64. The highest BCUT2D eigenvalue weighted by atomic mass is 35.5. The molecule has 0 aliphatic carbocycles. The molecule has 1 unspecified atom stereocenters. The fourth-order valence-corrected chi connectivity index (χ4v) is 4.07. The molecular formula is C23H28ClN7O3. The third-order valence-corrected chi connectivity index (χ3v) is 6.06. The molecule has 11 heteroatoms. The summed E-state index contributed by atoms with van der Waals surface area (Å²) in [6.07, 6.45) is 3.84. The smallest absolute Gasteiger partial charge is 0.258 e. The van der Waals surface area contributed by atoms with Crippen molar-refractivity contribution in [3.8, 4) is 5.75 Å². The number of carbonyl (C=O) groups excluding carboxylic acids is 2. The van der Waals surface area contributed by atoms with Crippen molar-refractivity contribution in [2.24, 2.45) is 10.7 Å². The van der Waals surface area contributed by atoms with Gasteiger partial charge < -0.3 is 20.3 Å². The van der Waals surface area contributed by atoms with Gasteiger partial charge in [0.1, 0.15) is 17.3 Å². The van der Waals surface area contributed by atoms with E-state index in [9.17, 15) is 9.59 Å². The second-order valence-electron chi connectivity index (χ2n) is 8.16. The van der Waals surface area contributed by atoms with E-state index < -0.39 is 12.1 Å². The van der Waals surface area contributed by atoms with Gasteiger partial charge in [-0.15, -0.1) is 0 Å². The normalized spacial score (nSPS) is 19.6. The number of nitrogens with zero attached hydrogens (tertiary/aromatic N) is 5. The molecule has 2 aromatic rings. The maximum Gasteiger partial charge on any atom is 0.258 e. The molecule has 0 radical (unpaired) electrons. The molecule has 1 fully saturated rings. The Morgan fingerprint density at radius 1 is 1.26 bits per heavy atom. The Kier molecular flexibility index (Phi) is 7.49. The molecule has 5 rings (SSSR count). The molecular weight excluding hydrogens is 458 g/mol. The number of ether oxygens (including phenoxy) is 1. The Balaban J connectivity index is 0.000000162. The molecule has 1 saturated heterocycles. The molecule has 0 spiro atoms. The second-order valence-corrected chi connectivity index (χ2v) is 8.50. The van der Waals surface area contributed by atoms with Crippen molar-refractivity contribution in [2.75, 3.05) is 36.5 Å². The van der Waals surface area contributed by atoms with Crippen LogP contribution in [-0.2, 0) is 16.1 Å². The summed E-state index contributed by atoms with van der Waals surface area (Å²) in [5.74, 6) is 1.24. The van der Waals surface area contributed by atoms with Crippen LogP contribution in [-0.4, -0.2) is 60.0 Å². The van der Waals surface area contributed by atoms with Gasteiger partial charge in [-0.25, -0.2) is 9.98 Å². The van der Waals surface area contributed by atoms with Crippen LogP contribution < -0.4 is 25.7 Å². The first kappa shape index (κ1) is 23.8. The first-order valence-electron chi connectivity index (χ1n) is 11.2. The zero-order valence-electron chi connectivity index (χ0n) is 19.0. The summed E-state index contributed by atoms with van der Waals surface area (Å²) in [6, 6.07) is 11.7. The van der Waals surface area contributed by atoms with E-state index in [0.717, 1.165) is 35.9 Å². The molecule has 34 heavy (non-hydrogen) atoms. The average Bonchev–Trinajstić information content (AvgIpc) is 3.47. The summed E-state index contributed by atoms with van der Waals surface area (Å²) in [5, 5.41) is 1.83. The van der Waals surface area contributed by atoms with Crippen LogP contribution in [0.1, 0.15) is 24.8 Å². The highest BCUT2D eigenvalue weighted by Crippen LogP contribution is 2.33. The quantitative estimate of drug-likeness (QED) is 0.634. The Bertz CT molecular complexity index is 1060. The number of fused-ring (bicyclic) bond motifs is 1. The average molecular weight is 486 g/mol. The zero-order chi connectivity index (χ0) is 24.1. The largest absolute Gasteiger partial charge is 0.491 e. The van der Waals surface area contributed by atoms with Crippen molar-refractivity contribution in [3.05, 3.63) is 48.2 Å². The maximum absolute atomic E-state index is 11.7. The molecule has 4 heterocycles. The fourth-order valence-electron chi connectivity index (χ4n) is 3.87. The lowest BCUT2D eigenvalue weighted by atomic mass is 10.2. The number of primary amides is 1. The van der Waals surface area contributed by atoms with Crippen LogP contribution in [0.15, 0.2) is 47.6 Å². The number of aromatic nitrogens is 1. The topological polar surface area (TPSA) is 116 Å². The standard InChI is InChI=1S/C13H17N3O2.C10H11ClN4O/c1-15-10-9-14-12(16-5-2-3-6-16)8-11(10)18-7-4-13(15)17;11-10-13-9(8(12)16)14-15(10)6-7-4-2-1-3-5-7/h8-9H,2-7H2,1H3;1-5,9,14H,6H2,(H2,12,16). The van der Waals surface area contributed by atoms with Crippen molar-refractivity contribution in [1.29, 1.82) is 0 Å². The first-order chi connectivity index (χ1) is 16.4. The predicted octanol–water partition coefficient (Wildman–Crippen LogP) is 1.84. The third-order valence-electron chi connectivity index (χ3n) is 5.76.